The van der Waals surface area contributed by atoms with E-state index in [-0.39, 0.29) is 18.0 Å². The van der Waals surface area contributed by atoms with Crippen molar-refractivity contribution in [2.75, 3.05) is 6.54 Å². The van der Waals surface area contributed by atoms with Crippen LogP contribution in [0, 0.1) is 6.92 Å². The van der Waals surface area contributed by atoms with Gasteiger partial charge in [-0.2, -0.15) is 0 Å². The topological polar surface area (TPSA) is 41.1 Å². The molecular formula is C15H22N2O. The number of amides is 1. The Morgan fingerprint density at radius 3 is 2.83 bits per heavy atom. The van der Waals surface area contributed by atoms with Crippen LogP contribution in [0.4, 0.5) is 0 Å². The number of benzene rings is 1. The Balaban J connectivity index is 1.96. The lowest BCUT2D eigenvalue weighted by Crippen LogP contribution is -2.47. The maximum atomic E-state index is 12.1. The normalized spacial score (nSPS) is 21.3. The Morgan fingerprint density at radius 2 is 2.17 bits per heavy atom. The van der Waals surface area contributed by atoms with E-state index in [0.717, 1.165) is 19.4 Å². The highest BCUT2D eigenvalue weighted by atomic mass is 16.2. The van der Waals surface area contributed by atoms with Crippen LogP contribution in [0.15, 0.2) is 24.3 Å². The second kappa shape index (κ2) is 6.01. The minimum atomic E-state index is -0.00906. The maximum absolute atomic E-state index is 12.1. The smallest absolute Gasteiger partial charge is 0.237 e. The Labute approximate surface area is 109 Å². The Kier molecular flexibility index (Phi) is 4.37. The molecule has 1 heterocycles. The molecule has 0 unspecified atom stereocenters. The molecule has 0 aliphatic carbocycles. The highest BCUT2D eigenvalue weighted by Gasteiger charge is 2.22. The third kappa shape index (κ3) is 3.10. The van der Waals surface area contributed by atoms with Gasteiger partial charge < -0.3 is 10.6 Å². The predicted octanol–water partition coefficient (Wildman–Crippen LogP) is 2.31. The van der Waals surface area contributed by atoms with Crippen LogP contribution in [0.5, 0.6) is 0 Å². The van der Waals surface area contributed by atoms with Crippen molar-refractivity contribution in [3.63, 3.8) is 0 Å². The van der Waals surface area contributed by atoms with Gasteiger partial charge in [-0.25, -0.2) is 0 Å². The minimum absolute atomic E-state index is 0.00906. The molecule has 1 saturated heterocycles. The van der Waals surface area contributed by atoms with E-state index in [9.17, 15) is 4.79 Å². The summed E-state index contributed by atoms with van der Waals surface area (Å²) in [5.41, 5.74) is 2.42. The molecule has 0 aromatic heterocycles. The molecule has 0 spiro atoms. The van der Waals surface area contributed by atoms with E-state index in [1.807, 2.05) is 19.1 Å². The molecule has 18 heavy (non-hydrogen) atoms. The van der Waals surface area contributed by atoms with Crippen molar-refractivity contribution in [1.29, 1.82) is 0 Å². The highest BCUT2D eigenvalue weighted by molar-refractivity contribution is 5.82. The first-order valence-electron chi connectivity index (χ1n) is 6.78. The van der Waals surface area contributed by atoms with Gasteiger partial charge in [0.2, 0.25) is 5.91 Å². The maximum Gasteiger partial charge on any atom is 0.237 e. The number of piperidine rings is 1. The molecule has 2 N–H and O–H groups in total. The van der Waals surface area contributed by atoms with E-state index in [0.29, 0.717) is 0 Å². The van der Waals surface area contributed by atoms with E-state index in [2.05, 4.69) is 29.7 Å². The third-order valence-electron chi connectivity index (χ3n) is 3.64. The number of hydrogen-bond donors (Lipinski definition) is 2. The molecule has 98 valence electrons. The number of aryl methyl sites for hydroxylation is 1. The van der Waals surface area contributed by atoms with E-state index in [1.54, 1.807) is 0 Å². The molecule has 1 aliphatic rings. The Hall–Kier alpha value is -1.35. The number of hydrogen-bond acceptors (Lipinski definition) is 2. The average molecular weight is 246 g/mol. The van der Waals surface area contributed by atoms with Gasteiger partial charge in [-0.05, 0) is 44.4 Å². The van der Waals surface area contributed by atoms with Gasteiger partial charge in [0.25, 0.3) is 0 Å². The predicted molar refractivity (Wildman–Crippen MR) is 73.4 cm³/mol. The van der Waals surface area contributed by atoms with Crippen LogP contribution in [0.2, 0.25) is 0 Å². The molecule has 1 fully saturated rings. The highest BCUT2D eigenvalue weighted by Crippen LogP contribution is 2.17. The molecule has 0 bridgehead atoms. The van der Waals surface area contributed by atoms with Gasteiger partial charge >= 0.3 is 0 Å². The van der Waals surface area contributed by atoms with Gasteiger partial charge in [-0.3, -0.25) is 4.79 Å². The second-order valence-corrected chi connectivity index (χ2v) is 5.09. The van der Waals surface area contributed by atoms with Crippen molar-refractivity contribution >= 4 is 5.91 Å². The van der Waals surface area contributed by atoms with E-state index in [1.165, 1.54) is 17.5 Å². The monoisotopic (exact) mass is 246 g/mol. The van der Waals surface area contributed by atoms with E-state index in [4.69, 9.17) is 0 Å². The van der Waals surface area contributed by atoms with Gasteiger partial charge in [-0.1, -0.05) is 30.7 Å². The summed E-state index contributed by atoms with van der Waals surface area (Å²) < 4.78 is 0. The van der Waals surface area contributed by atoms with Gasteiger partial charge in [-0.15, -0.1) is 0 Å². The summed E-state index contributed by atoms with van der Waals surface area (Å²) >= 11 is 0. The summed E-state index contributed by atoms with van der Waals surface area (Å²) in [6, 6.07) is 8.26. The summed E-state index contributed by atoms with van der Waals surface area (Å²) in [6.45, 7) is 5.08. The number of nitrogens with one attached hydrogen (secondary N) is 2. The van der Waals surface area contributed by atoms with Crippen molar-refractivity contribution in [1.82, 2.24) is 10.6 Å². The van der Waals surface area contributed by atoms with Crippen molar-refractivity contribution in [2.45, 2.75) is 45.2 Å². The summed E-state index contributed by atoms with van der Waals surface area (Å²) in [4.78, 5) is 12.1. The Bertz CT molecular complexity index is 411. The van der Waals surface area contributed by atoms with Gasteiger partial charge in [0.15, 0.2) is 0 Å². The molecule has 0 saturated carbocycles. The van der Waals surface area contributed by atoms with Crippen LogP contribution in [0.1, 0.15) is 43.4 Å². The zero-order valence-corrected chi connectivity index (χ0v) is 11.2. The minimum Gasteiger partial charge on any atom is -0.348 e. The van der Waals surface area contributed by atoms with Crippen molar-refractivity contribution in [3.05, 3.63) is 35.4 Å². The zero-order chi connectivity index (χ0) is 13.0. The van der Waals surface area contributed by atoms with Crippen LogP contribution in [-0.2, 0) is 4.79 Å². The van der Waals surface area contributed by atoms with Crippen LogP contribution in [0.25, 0.3) is 0 Å². The zero-order valence-electron chi connectivity index (χ0n) is 11.2. The van der Waals surface area contributed by atoms with Crippen molar-refractivity contribution in [3.8, 4) is 0 Å². The quantitative estimate of drug-likeness (QED) is 0.859. The number of carbonyl (C=O) groups excluding carboxylic acids is 1. The largest absolute Gasteiger partial charge is 0.348 e. The molecule has 2 rings (SSSR count). The summed E-state index contributed by atoms with van der Waals surface area (Å²) in [5, 5.41) is 6.38. The number of rotatable bonds is 3. The van der Waals surface area contributed by atoms with Gasteiger partial charge in [0.1, 0.15) is 0 Å². The molecule has 1 aromatic rings. The van der Waals surface area contributed by atoms with Gasteiger partial charge in [0, 0.05) is 0 Å². The van der Waals surface area contributed by atoms with Crippen LogP contribution in [-0.4, -0.2) is 18.5 Å². The standard InChI is InChI=1S/C15H22N2O/c1-11-7-3-4-8-13(11)12(2)17-15(18)14-9-5-6-10-16-14/h3-4,7-8,12,14,16H,5-6,9-10H2,1-2H3,(H,17,18)/t12-,14-/m1/s1. The summed E-state index contributed by atoms with van der Waals surface area (Å²) in [7, 11) is 0. The van der Waals surface area contributed by atoms with Crippen molar-refractivity contribution < 1.29 is 4.79 Å². The molecule has 3 nitrogen and oxygen atoms in total. The fraction of sp³-hybridized carbons (Fsp3) is 0.533. The first kappa shape index (κ1) is 13.1. The van der Waals surface area contributed by atoms with E-state index >= 15 is 0 Å². The molecule has 2 atom stereocenters. The average Bonchev–Trinajstić information content (AvgIpc) is 2.40. The first-order chi connectivity index (χ1) is 8.68. The lowest BCUT2D eigenvalue weighted by molar-refractivity contribution is -0.124. The molecule has 0 radical (unpaired) electrons. The lowest BCUT2D eigenvalue weighted by Gasteiger charge is -2.25. The second-order valence-electron chi connectivity index (χ2n) is 5.09. The van der Waals surface area contributed by atoms with Gasteiger partial charge in [0.05, 0.1) is 12.1 Å². The molecule has 1 aliphatic heterocycles. The third-order valence-corrected chi connectivity index (χ3v) is 3.64. The fourth-order valence-electron chi connectivity index (χ4n) is 2.54. The fourth-order valence-corrected chi connectivity index (χ4v) is 2.54. The first-order valence-corrected chi connectivity index (χ1v) is 6.78. The van der Waals surface area contributed by atoms with Crippen LogP contribution < -0.4 is 10.6 Å². The van der Waals surface area contributed by atoms with Crippen molar-refractivity contribution in [2.24, 2.45) is 0 Å². The Morgan fingerprint density at radius 1 is 1.39 bits per heavy atom. The van der Waals surface area contributed by atoms with E-state index < -0.39 is 0 Å². The molecule has 3 heteroatoms. The lowest BCUT2D eigenvalue weighted by atomic mass is 10.0. The van der Waals surface area contributed by atoms with Crippen LogP contribution in [0.3, 0.4) is 0 Å². The molecule has 1 aromatic carbocycles. The summed E-state index contributed by atoms with van der Waals surface area (Å²) in [5.74, 6) is 0.130. The number of carbonyl (C=O) groups is 1. The van der Waals surface area contributed by atoms with Crippen LogP contribution >= 0.6 is 0 Å². The molecular weight excluding hydrogens is 224 g/mol. The SMILES string of the molecule is Cc1ccccc1[C@@H](C)NC(=O)[C@H]1CCCCN1. The molecule has 1 amide bonds. The summed E-state index contributed by atoms with van der Waals surface area (Å²) in [6.07, 6.45) is 3.27.